The molecule has 0 bridgehead atoms. The Bertz CT molecular complexity index is 7220. The van der Waals surface area contributed by atoms with E-state index >= 15 is 0 Å². The maximum absolute atomic E-state index is 5.03. The monoisotopic (exact) mass is 1430 g/mol. The number of nitrogens with zero attached hydrogens (tertiary/aromatic N) is 10. The summed E-state index contributed by atoms with van der Waals surface area (Å²) in [5.41, 5.74) is 24.2. The smallest absolute Gasteiger partial charge is 0.164 e. The highest BCUT2D eigenvalue weighted by Crippen LogP contribution is 2.42. The van der Waals surface area contributed by atoms with Crippen LogP contribution in [0.5, 0.6) is 0 Å². The van der Waals surface area contributed by atoms with Gasteiger partial charge in [0.15, 0.2) is 34.9 Å². The number of para-hydroxylation sites is 6. The molecule has 0 aliphatic carbocycles. The second kappa shape index (κ2) is 27.5. The number of fused-ring (bicyclic) bond motifs is 12. The van der Waals surface area contributed by atoms with E-state index in [4.69, 9.17) is 29.9 Å². The van der Waals surface area contributed by atoms with E-state index in [-0.39, 0.29) is 0 Å². The molecule has 22 rings (SSSR count). The van der Waals surface area contributed by atoms with E-state index < -0.39 is 0 Å². The molecule has 0 saturated carbocycles. The van der Waals surface area contributed by atoms with Crippen molar-refractivity contribution in [1.29, 1.82) is 0 Å². The average molecular weight is 1430 g/mol. The molecule has 524 valence electrons. The van der Waals surface area contributed by atoms with Crippen LogP contribution in [0, 0.1) is 0 Å². The fourth-order valence-electron chi connectivity index (χ4n) is 16.3. The van der Waals surface area contributed by atoms with Gasteiger partial charge in [0.1, 0.15) is 0 Å². The minimum Gasteiger partial charge on any atom is -0.309 e. The molecule has 10 nitrogen and oxygen atoms in total. The van der Waals surface area contributed by atoms with Gasteiger partial charge in [-0.2, -0.15) is 0 Å². The molecule has 0 spiro atoms. The van der Waals surface area contributed by atoms with Crippen molar-refractivity contribution in [3.8, 4) is 113 Å². The van der Waals surface area contributed by atoms with Crippen molar-refractivity contribution in [3.63, 3.8) is 0 Å². The van der Waals surface area contributed by atoms with Gasteiger partial charge in [-0.15, -0.1) is 0 Å². The highest BCUT2D eigenvalue weighted by molar-refractivity contribution is 6.15. The maximum atomic E-state index is 5.03. The van der Waals surface area contributed by atoms with Gasteiger partial charge in [0.2, 0.25) is 0 Å². The highest BCUT2D eigenvalue weighted by Gasteiger charge is 2.22. The molecule has 6 aromatic heterocycles. The zero-order valence-electron chi connectivity index (χ0n) is 60.6. The van der Waals surface area contributed by atoms with E-state index in [1.165, 1.54) is 81.8 Å². The van der Waals surface area contributed by atoms with Crippen molar-refractivity contribution >= 4 is 87.2 Å². The third-order valence-corrected chi connectivity index (χ3v) is 21.5. The number of rotatable bonds is 12. The van der Waals surface area contributed by atoms with Crippen LogP contribution in [-0.2, 0) is 0 Å². The molecule has 112 heavy (non-hydrogen) atoms. The lowest BCUT2D eigenvalue weighted by atomic mass is 10.0. The fourth-order valence-corrected chi connectivity index (χ4v) is 16.3. The molecule has 6 heterocycles. The van der Waals surface area contributed by atoms with Gasteiger partial charge < -0.3 is 18.3 Å². The molecule has 0 aliphatic rings. The minimum atomic E-state index is 0.629. The van der Waals surface area contributed by atoms with Crippen molar-refractivity contribution in [2.75, 3.05) is 0 Å². The minimum absolute atomic E-state index is 0.629. The summed E-state index contributed by atoms with van der Waals surface area (Å²) in [5, 5.41) is 9.81. The van der Waals surface area contributed by atoms with E-state index in [0.717, 1.165) is 83.8 Å². The van der Waals surface area contributed by atoms with Gasteiger partial charge in [0, 0.05) is 99.2 Å². The summed E-state index contributed by atoms with van der Waals surface area (Å²) in [6.45, 7) is 0. The standard InChI is InChI=1S/2C51H33N5/c1-4-15-34(16-5-1)49-52-50(35-17-6-2-7-18-35)54-51(53-49)38-19-14-22-40(31-38)56-45-25-12-10-23-41(45)43-29-27-37(33-48(43)56)36-28-30-47-44(32-36)42-24-11-13-26-46(42)55(47)39-20-8-3-9-21-39;1-4-14-34(15-5-1)49-52-50(35-16-6-2-7-17-35)54-51(53-49)36-24-28-40(29-25-36)55-46-23-13-11-21-42(46)44-32-37(27-31-47(44)55)38-26-30-43-41-20-10-12-22-45(41)56(48(43)33-38)39-18-8-3-9-19-39/h2*1-33H. The summed E-state index contributed by atoms with van der Waals surface area (Å²) >= 11 is 0. The Hall–Kier alpha value is -15.3. The van der Waals surface area contributed by atoms with Crippen molar-refractivity contribution in [2.45, 2.75) is 0 Å². The van der Waals surface area contributed by atoms with E-state index in [1.807, 2.05) is 121 Å². The zero-order valence-corrected chi connectivity index (χ0v) is 60.6. The predicted molar refractivity (Wildman–Crippen MR) is 460 cm³/mol. The van der Waals surface area contributed by atoms with E-state index in [0.29, 0.717) is 34.9 Å². The third kappa shape index (κ3) is 11.5. The van der Waals surface area contributed by atoms with Crippen LogP contribution in [0.3, 0.4) is 0 Å². The first-order chi connectivity index (χ1) is 55.5. The van der Waals surface area contributed by atoms with Crippen LogP contribution in [-0.4, -0.2) is 48.2 Å². The SMILES string of the molecule is c1ccc(-c2nc(-c3ccccc3)nc(-c3ccc(-n4c5ccccc5c5cc(-c6ccc7c8ccccc8n(-c8ccccc8)c7c6)ccc54)cc3)n2)cc1.c1ccc(-c2nc(-c3ccccc3)nc(-c3cccc(-n4c5ccccc5c5ccc(-c6ccc7c(c6)c6ccccc6n7-c6ccccc6)cc54)c3)n2)cc1. The van der Waals surface area contributed by atoms with Gasteiger partial charge in [0.25, 0.3) is 0 Å². The van der Waals surface area contributed by atoms with Crippen molar-refractivity contribution in [3.05, 3.63) is 400 Å². The molecule has 0 aliphatic heterocycles. The molecular formula is C102H66N10. The van der Waals surface area contributed by atoms with E-state index in [1.54, 1.807) is 0 Å². The van der Waals surface area contributed by atoms with Crippen LogP contribution in [0.4, 0.5) is 0 Å². The molecule has 22 aromatic rings. The number of hydrogen-bond acceptors (Lipinski definition) is 6. The summed E-state index contributed by atoms with van der Waals surface area (Å²) in [6.07, 6.45) is 0. The lowest BCUT2D eigenvalue weighted by Gasteiger charge is -2.12. The quantitative estimate of drug-likeness (QED) is 0.121. The number of aromatic nitrogens is 10. The topological polar surface area (TPSA) is 97.1 Å². The maximum Gasteiger partial charge on any atom is 0.164 e. The number of hydrogen-bond donors (Lipinski definition) is 0. The first-order valence-corrected chi connectivity index (χ1v) is 37.7. The van der Waals surface area contributed by atoms with Crippen molar-refractivity contribution in [2.24, 2.45) is 0 Å². The summed E-state index contributed by atoms with van der Waals surface area (Å²) < 4.78 is 9.46. The Balaban J connectivity index is 0.000000141. The lowest BCUT2D eigenvalue weighted by Crippen LogP contribution is -2.01. The Morgan fingerprint density at radius 2 is 0.357 bits per heavy atom. The van der Waals surface area contributed by atoms with Gasteiger partial charge in [-0.25, -0.2) is 29.9 Å². The van der Waals surface area contributed by atoms with E-state index in [9.17, 15) is 0 Å². The molecule has 10 heteroatoms. The van der Waals surface area contributed by atoms with E-state index in [2.05, 4.69) is 297 Å². The zero-order chi connectivity index (χ0) is 74.0. The van der Waals surface area contributed by atoms with Crippen LogP contribution >= 0.6 is 0 Å². The largest absolute Gasteiger partial charge is 0.309 e. The molecule has 0 N–H and O–H groups in total. The van der Waals surface area contributed by atoms with Crippen LogP contribution in [0.15, 0.2) is 400 Å². The first-order valence-electron chi connectivity index (χ1n) is 37.7. The van der Waals surface area contributed by atoms with Crippen molar-refractivity contribution < 1.29 is 0 Å². The Morgan fingerprint density at radius 3 is 0.732 bits per heavy atom. The highest BCUT2D eigenvalue weighted by atomic mass is 15.1. The van der Waals surface area contributed by atoms with Crippen molar-refractivity contribution in [1.82, 2.24) is 48.2 Å². The van der Waals surface area contributed by atoms with Gasteiger partial charge in [-0.1, -0.05) is 279 Å². The molecule has 0 fully saturated rings. The molecule has 0 amide bonds. The molecule has 0 atom stereocenters. The van der Waals surface area contributed by atoms with Gasteiger partial charge in [0.05, 0.1) is 44.1 Å². The molecule has 16 aromatic carbocycles. The predicted octanol–water partition coefficient (Wildman–Crippen LogP) is 25.5. The van der Waals surface area contributed by atoms with Crippen LogP contribution < -0.4 is 0 Å². The summed E-state index contributed by atoms with van der Waals surface area (Å²) in [4.78, 5) is 29.8. The van der Waals surface area contributed by atoms with Gasteiger partial charge in [-0.05, 0) is 144 Å². The fraction of sp³-hybridized carbons (Fsp3) is 0. The van der Waals surface area contributed by atoms with Crippen LogP contribution in [0.2, 0.25) is 0 Å². The second-order valence-corrected chi connectivity index (χ2v) is 28.2. The molecular weight excluding hydrogens is 1370 g/mol. The van der Waals surface area contributed by atoms with Gasteiger partial charge in [-0.3, -0.25) is 0 Å². The Labute approximate surface area is 645 Å². The summed E-state index contributed by atoms with van der Waals surface area (Å²) in [6, 6.07) is 141. The average Bonchev–Trinajstić information content (AvgIpc) is 1.57. The normalized spacial score (nSPS) is 11.6. The van der Waals surface area contributed by atoms with Gasteiger partial charge >= 0.3 is 0 Å². The second-order valence-electron chi connectivity index (χ2n) is 28.2. The number of benzene rings is 16. The molecule has 0 unspecified atom stereocenters. The Morgan fingerprint density at radius 1 is 0.125 bits per heavy atom. The molecule has 0 saturated heterocycles. The lowest BCUT2D eigenvalue weighted by molar-refractivity contribution is 1.07. The van der Waals surface area contributed by atoms with Crippen LogP contribution in [0.25, 0.3) is 201 Å². The Kier molecular flexibility index (Phi) is 16.0. The first kappa shape index (κ1) is 65.1. The molecule has 0 radical (unpaired) electrons. The summed E-state index contributed by atoms with van der Waals surface area (Å²) in [7, 11) is 0. The summed E-state index contributed by atoms with van der Waals surface area (Å²) in [5.74, 6) is 3.86. The third-order valence-electron chi connectivity index (χ3n) is 21.5. The van der Waals surface area contributed by atoms with Crippen LogP contribution in [0.1, 0.15) is 0 Å².